The second-order valence-corrected chi connectivity index (χ2v) is 5.98. The van der Waals surface area contributed by atoms with Crippen LogP contribution in [0.5, 0.6) is 0 Å². The van der Waals surface area contributed by atoms with Crippen LogP contribution in [-0.2, 0) is 15.3 Å². The van der Waals surface area contributed by atoms with Crippen molar-refractivity contribution >= 4 is 0 Å². The van der Waals surface area contributed by atoms with E-state index in [-0.39, 0.29) is 6.10 Å². The number of hydrogen-bond acceptors (Lipinski definition) is 4. The van der Waals surface area contributed by atoms with Crippen molar-refractivity contribution in [2.24, 2.45) is 0 Å². The Morgan fingerprint density at radius 1 is 1.35 bits per heavy atom. The molecule has 1 aromatic rings. The van der Waals surface area contributed by atoms with Crippen molar-refractivity contribution in [3.63, 3.8) is 0 Å². The van der Waals surface area contributed by atoms with Crippen molar-refractivity contribution in [3.8, 4) is 0 Å². The van der Waals surface area contributed by atoms with Crippen LogP contribution in [0.1, 0.15) is 19.4 Å². The molecule has 3 rings (SSSR count). The van der Waals surface area contributed by atoms with Crippen LogP contribution in [0, 0.1) is 0 Å². The predicted molar refractivity (Wildman–Crippen MR) is 78.5 cm³/mol. The van der Waals surface area contributed by atoms with E-state index in [0.29, 0.717) is 12.6 Å². The zero-order valence-corrected chi connectivity index (χ0v) is 12.3. The van der Waals surface area contributed by atoms with Gasteiger partial charge in [0.1, 0.15) is 0 Å². The molecule has 1 aromatic carbocycles. The van der Waals surface area contributed by atoms with E-state index in [1.807, 2.05) is 25.1 Å². The van der Waals surface area contributed by atoms with Crippen molar-refractivity contribution in [2.75, 3.05) is 32.8 Å². The first-order valence-electron chi connectivity index (χ1n) is 7.49. The molecule has 2 saturated heterocycles. The van der Waals surface area contributed by atoms with Crippen LogP contribution in [0.2, 0.25) is 0 Å². The van der Waals surface area contributed by atoms with Gasteiger partial charge in [-0.15, -0.1) is 0 Å². The summed E-state index contributed by atoms with van der Waals surface area (Å²) in [6, 6.07) is 10.8. The summed E-state index contributed by atoms with van der Waals surface area (Å²) in [7, 11) is 0. The predicted octanol–water partition coefficient (Wildman–Crippen LogP) is 1.57. The molecule has 4 heteroatoms. The second-order valence-electron chi connectivity index (χ2n) is 5.98. The Balaban J connectivity index is 1.59. The third kappa shape index (κ3) is 3.04. The lowest BCUT2D eigenvalue weighted by Gasteiger charge is -2.33. The van der Waals surface area contributed by atoms with E-state index in [2.05, 4.69) is 29.3 Å². The first-order valence-corrected chi connectivity index (χ1v) is 7.49. The Morgan fingerprint density at radius 2 is 2.15 bits per heavy atom. The fourth-order valence-electron chi connectivity index (χ4n) is 3.09. The Bertz CT molecular complexity index is 439. The summed E-state index contributed by atoms with van der Waals surface area (Å²) < 4.78 is 12.1. The smallest absolute Gasteiger partial charge is 0.192 e. The lowest BCUT2D eigenvalue weighted by atomic mass is 10.1. The first kappa shape index (κ1) is 14.0. The molecule has 2 unspecified atom stereocenters. The molecule has 1 N–H and O–H groups in total. The van der Waals surface area contributed by atoms with Gasteiger partial charge in [-0.2, -0.15) is 0 Å². The van der Waals surface area contributed by atoms with E-state index in [1.165, 1.54) is 0 Å². The summed E-state index contributed by atoms with van der Waals surface area (Å²) in [5.74, 6) is -0.592. The normalized spacial score (nSPS) is 35.3. The van der Waals surface area contributed by atoms with E-state index in [4.69, 9.17) is 9.47 Å². The summed E-state index contributed by atoms with van der Waals surface area (Å²) in [4.78, 5) is 2.46. The minimum atomic E-state index is -0.592. The zero-order chi connectivity index (χ0) is 14.0. The molecule has 0 bridgehead atoms. The molecular formula is C16H24N2O2. The number of nitrogens with zero attached hydrogens (tertiary/aromatic N) is 1. The van der Waals surface area contributed by atoms with Gasteiger partial charge < -0.3 is 14.8 Å². The van der Waals surface area contributed by atoms with Crippen molar-refractivity contribution < 1.29 is 9.47 Å². The Hall–Kier alpha value is -0.940. The molecule has 110 valence electrons. The van der Waals surface area contributed by atoms with Crippen molar-refractivity contribution in [1.82, 2.24) is 10.2 Å². The molecule has 2 heterocycles. The van der Waals surface area contributed by atoms with Gasteiger partial charge in [0, 0.05) is 37.8 Å². The third-order valence-corrected chi connectivity index (χ3v) is 4.15. The lowest BCUT2D eigenvalue weighted by molar-refractivity contribution is -0.163. The Labute approximate surface area is 121 Å². The van der Waals surface area contributed by atoms with Crippen molar-refractivity contribution in [1.29, 1.82) is 0 Å². The van der Waals surface area contributed by atoms with Crippen LogP contribution in [-0.4, -0.2) is 49.8 Å². The van der Waals surface area contributed by atoms with E-state index < -0.39 is 5.79 Å². The minimum Gasteiger partial charge on any atom is -0.343 e. The molecule has 2 aliphatic heterocycles. The van der Waals surface area contributed by atoms with Gasteiger partial charge in [-0.05, 0) is 13.8 Å². The van der Waals surface area contributed by atoms with E-state index in [0.717, 1.165) is 31.7 Å². The summed E-state index contributed by atoms with van der Waals surface area (Å²) in [6.45, 7) is 9.10. The van der Waals surface area contributed by atoms with Gasteiger partial charge in [0.25, 0.3) is 0 Å². The molecule has 20 heavy (non-hydrogen) atoms. The highest BCUT2D eigenvalue weighted by Gasteiger charge is 2.39. The zero-order valence-electron chi connectivity index (χ0n) is 12.3. The number of hydrogen-bond donors (Lipinski definition) is 1. The molecule has 3 atom stereocenters. The van der Waals surface area contributed by atoms with Gasteiger partial charge >= 0.3 is 0 Å². The number of nitrogens with one attached hydrogen (secondary N) is 1. The number of ether oxygens (including phenoxy) is 2. The van der Waals surface area contributed by atoms with E-state index >= 15 is 0 Å². The molecule has 0 aliphatic carbocycles. The quantitative estimate of drug-likeness (QED) is 0.908. The lowest BCUT2D eigenvalue weighted by Crippen LogP contribution is -2.51. The van der Waals surface area contributed by atoms with Crippen molar-refractivity contribution in [3.05, 3.63) is 35.9 Å². The van der Waals surface area contributed by atoms with Crippen LogP contribution in [0.25, 0.3) is 0 Å². The monoisotopic (exact) mass is 276 g/mol. The number of piperazine rings is 1. The van der Waals surface area contributed by atoms with E-state index in [9.17, 15) is 0 Å². The Kier molecular flexibility index (Phi) is 4.08. The highest BCUT2D eigenvalue weighted by Crippen LogP contribution is 2.33. The van der Waals surface area contributed by atoms with Crippen molar-refractivity contribution in [2.45, 2.75) is 31.8 Å². The molecule has 0 spiro atoms. The molecule has 0 saturated carbocycles. The van der Waals surface area contributed by atoms with Gasteiger partial charge in [0.15, 0.2) is 5.79 Å². The summed E-state index contributed by atoms with van der Waals surface area (Å²) in [6.07, 6.45) is 0.158. The second kappa shape index (κ2) is 5.82. The summed E-state index contributed by atoms with van der Waals surface area (Å²) >= 11 is 0. The topological polar surface area (TPSA) is 33.7 Å². The van der Waals surface area contributed by atoms with Crippen LogP contribution < -0.4 is 5.32 Å². The minimum absolute atomic E-state index is 0.158. The highest BCUT2D eigenvalue weighted by molar-refractivity contribution is 5.20. The van der Waals surface area contributed by atoms with Crippen LogP contribution in [0.4, 0.5) is 0 Å². The van der Waals surface area contributed by atoms with Crippen LogP contribution >= 0.6 is 0 Å². The molecule has 0 amide bonds. The maximum Gasteiger partial charge on any atom is 0.192 e. The molecule has 0 radical (unpaired) electrons. The van der Waals surface area contributed by atoms with Gasteiger partial charge in [-0.1, -0.05) is 30.3 Å². The van der Waals surface area contributed by atoms with E-state index in [1.54, 1.807) is 0 Å². The first-order chi connectivity index (χ1) is 9.66. The molecule has 0 aromatic heterocycles. The fourth-order valence-corrected chi connectivity index (χ4v) is 3.09. The molecule has 2 fully saturated rings. The van der Waals surface area contributed by atoms with Gasteiger partial charge in [-0.3, -0.25) is 4.90 Å². The Morgan fingerprint density at radius 3 is 2.90 bits per heavy atom. The van der Waals surface area contributed by atoms with Gasteiger partial charge in [0.05, 0.1) is 12.7 Å². The third-order valence-electron chi connectivity index (χ3n) is 4.15. The fraction of sp³-hybridized carbons (Fsp3) is 0.625. The molecule has 2 aliphatic rings. The maximum atomic E-state index is 6.19. The van der Waals surface area contributed by atoms with Crippen LogP contribution in [0.15, 0.2) is 30.3 Å². The average molecular weight is 276 g/mol. The number of rotatable bonds is 3. The SMILES string of the molecule is C[C@H]1CN(CC2COC(C)(c3ccccc3)O2)CCN1. The average Bonchev–Trinajstić information content (AvgIpc) is 2.83. The number of benzene rings is 1. The van der Waals surface area contributed by atoms with Gasteiger partial charge in [0.2, 0.25) is 0 Å². The molecular weight excluding hydrogens is 252 g/mol. The summed E-state index contributed by atoms with van der Waals surface area (Å²) in [5.41, 5.74) is 1.09. The summed E-state index contributed by atoms with van der Waals surface area (Å²) in [5, 5.41) is 3.47. The molecule has 4 nitrogen and oxygen atoms in total. The van der Waals surface area contributed by atoms with Crippen LogP contribution in [0.3, 0.4) is 0 Å². The van der Waals surface area contributed by atoms with Gasteiger partial charge in [-0.25, -0.2) is 0 Å². The standard InChI is InChI=1S/C16H24N2O2/c1-13-10-18(9-8-17-13)11-15-12-19-16(2,20-15)14-6-4-3-5-7-14/h3-7,13,15,17H,8-12H2,1-2H3/t13-,15?,16?/m0/s1. The highest BCUT2D eigenvalue weighted by atomic mass is 16.7. The largest absolute Gasteiger partial charge is 0.343 e. The maximum absolute atomic E-state index is 6.19.